The summed E-state index contributed by atoms with van der Waals surface area (Å²) >= 11 is 5.95. The normalized spacial score (nSPS) is 10.7. The van der Waals surface area contributed by atoms with Crippen LogP contribution in [0.25, 0.3) is 11.5 Å². The Morgan fingerprint density at radius 1 is 1.33 bits per heavy atom. The van der Waals surface area contributed by atoms with Crippen LogP contribution in [0.2, 0.25) is 5.02 Å². The van der Waals surface area contributed by atoms with Crippen molar-refractivity contribution < 1.29 is 14.3 Å². The van der Waals surface area contributed by atoms with Gasteiger partial charge in [-0.05, 0) is 29.8 Å². The first kappa shape index (κ1) is 13.4. The summed E-state index contributed by atoms with van der Waals surface area (Å²) in [6.07, 6.45) is 1.47. The van der Waals surface area contributed by atoms with Gasteiger partial charge in [0.25, 0.3) is 0 Å². The third-order valence-corrected chi connectivity index (χ3v) is 3.15. The topological polar surface area (TPSA) is 81.1 Å². The van der Waals surface area contributed by atoms with Crippen LogP contribution in [-0.4, -0.2) is 26.1 Å². The molecule has 0 atom stereocenters. The lowest BCUT2D eigenvalue weighted by Crippen LogP contribution is -2.05. The molecule has 0 saturated carbocycles. The maximum atomic E-state index is 11.3. The quantitative estimate of drug-likeness (QED) is 0.801. The van der Waals surface area contributed by atoms with E-state index in [9.17, 15) is 9.90 Å². The van der Waals surface area contributed by atoms with Gasteiger partial charge in [-0.15, -0.1) is 5.10 Å². The summed E-state index contributed by atoms with van der Waals surface area (Å²) in [4.78, 5) is 11.3. The number of aromatic carboxylic acids is 1. The van der Waals surface area contributed by atoms with Crippen molar-refractivity contribution in [2.75, 3.05) is 0 Å². The van der Waals surface area contributed by atoms with Crippen LogP contribution >= 0.6 is 11.6 Å². The van der Waals surface area contributed by atoms with Gasteiger partial charge in [-0.3, -0.25) is 0 Å². The smallest absolute Gasteiger partial charge is 0.358 e. The number of rotatable bonds is 4. The van der Waals surface area contributed by atoms with Gasteiger partial charge < -0.3 is 9.52 Å². The highest BCUT2D eigenvalue weighted by Crippen LogP contribution is 2.24. The fourth-order valence-corrected chi connectivity index (χ4v) is 2.25. The second kappa shape index (κ2) is 5.41. The molecule has 0 bridgehead atoms. The molecule has 1 aromatic carbocycles. The molecule has 0 fully saturated rings. The maximum Gasteiger partial charge on any atom is 0.358 e. The first-order chi connectivity index (χ1) is 10.1. The van der Waals surface area contributed by atoms with Gasteiger partial charge in [-0.2, -0.15) is 0 Å². The van der Waals surface area contributed by atoms with E-state index in [4.69, 9.17) is 16.0 Å². The van der Waals surface area contributed by atoms with Gasteiger partial charge in [0.1, 0.15) is 5.69 Å². The molecule has 7 heteroatoms. The molecule has 0 aliphatic carbocycles. The first-order valence-corrected chi connectivity index (χ1v) is 6.48. The molecule has 106 valence electrons. The molecule has 2 aromatic heterocycles. The Morgan fingerprint density at radius 3 is 2.86 bits per heavy atom. The van der Waals surface area contributed by atoms with Crippen molar-refractivity contribution in [1.29, 1.82) is 0 Å². The van der Waals surface area contributed by atoms with Crippen molar-refractivity contribution in [3.05, 3.63) is 58.9 Å². The second-order valence-electron chi connectivity index (χ2n) is 4.36. The number of hydrogen-bond acceptors (Lipinski definition) is 4. The van der Waals surface area contributed by atoms with Crippen molar-refractivity contribution in [2.24, 2.45) is 0 Å². The lowest BCUT2D eigenvalue weighted by Gasteiger charge is -2.05. The number of furan rings is 1. The zero-order valence-electron chi connectivity index (χ0n) is 10.7. The lowest BCUT2D eigenvalue weighted by molar-refractivity contribution is 0.0691. The molecule has 0 aliphatic rings. The molecule has 2 heterocycles. The summed E-state index contributed by atoms with van der Waals surface area (Å²) in [5.41, 5.74) is 1.07. The van der Waals surface area contributed by atoms with Crippen LogP contribution in [0.15, 0.2) is 47.1 Å². The summed E-state index contributed by atoms with van der Waals surface area (Å²) in [5.74, 6) is -0.752. The predicted molar refractivity (Wildman–Crippen MR) is 75.2 cm³/mol. The Morgan fingerprint density at radius 2 is 2.19 bits per heavy atom. The number of hydrogen-bond donors (Lipinski definition) is 1. The molecular weight excluding hydrogens is 294 g/mol. The van der Waals surface area contributed by atoms with E-state index in [1.165, 1.54) is 10.9 Å². The van der Waals surface area contributed by atoms with Crippen LogP contribution in [-0.2, 0) is 6.54 Å². The summed E-state index contributed by atoms with van der Waals surface area (Å²) in [5, 5.41) is 17.4. The number of carboxylic acids is 1. The Hall–Kier alpha value is -2.60. The van der Waals surface area contributed by atoms with E-state index in [-0.39, 0.29) is 5.69 Å². The number of halogens is 1. The van der Waals surface area contributed by atoms with Crippen molar-refractivity contribution in [2.45, 2.75) is 6.54 Å². The van der Waals surface area contributed by atoms with Gasteiger partial charge in [0.2, 0.25) is 5.69 Å². The van der Waals surface area contributed by atoms with E-state index in [0.717, 1.165) is 5.56 Å². The summed E-state index contributed by atoms with van der Waals surface area (Å²) in [6.45, 7) is 0.344. The molecule has 0 unspecified atom stereocenters. The van der Waals surface area contributed by atoms with Crippen molar-refractivity contribution >= 4 is 17.6 Å². The minimum Gasteiger partial charge on any atom is -0.476 e. The van der Waals surface area contributed by atoms with E-state index in [0.29, 0.717) is 23.0 Å². The molecule has 3 rings (SSSR count). The minimum atomic E-state index is -1.15. The fourth-order valence-electron chi connectivity index (χ4n) is 2.03. The Kier molecular flexibility index (Phi) is 3.45. The van der Waals surface area contributed by atoms with E-state index in [1.54, 1.807) is 24.3 Å². The summed E-state index contributed by atoms with van der Waals surface area (Å²) in [7, 11) is 0. The van der Waals surface area contributed by atoms with Gasteiger partial charge in [0.15, 0.2) is 5.76 Å². The first-order valence-electron chi connectivity index (χ1n) is 6.10. The average molecular weight is 304 g/mol. The predicted octanol–water partition coefficient (Wildman–Crippen LogP) is 2.94. The van der Waals surface area contributed by atoms with E-state index in [1.807, 2.05) is 12.1 Å². The Bertz CT molecular complexity index is 781. The van der Waals surface area contributed by atoms with E-state index in [2.05, 4.69) is 10.3 Å². The molecule has 0 spiro atoms. The SMILES string of the molecule is O=C(O)c1nnn(Cc2cccc(Cl)c2)c1-c1ccco1. The monoisotopic (exact) mass is 303 g/mol. The molecule has 0 radical (unpaired) electrons. The zero-order chi connectivity index (χ0) is 14.8. The molecule has 1 N–H and O–H groups in total. The molecule has 3 aromatic rings. The van der Waals surface area contributed by atoms with E-state index < -0.39 is 5.97 Å². The standard InChI is InChI=1S/C14H10ClN3O3/c15-10-4-1-3-9(7-10)8-18-13(11-5-2-6-21-11)12(14(19)20)16-17-18/h1-7H,8H2,(H,19,20). The average Bonchev–Trinajstić information content (AvgIpc) is 3.06. The lowest BCUT2D eigenvalue weighted by atomic mass is 10.2. The minimum absolute atomic E-state index is 0.146. The number of carbonyl (C=O) groups is 1. The third kappa shape index (κ3) is 2.66. The van der Waals surface area contributed by atoms with Gasteiger partial charge in [-0.25, -0.2) is 9.48 Å². The van der Waals surface area contributed by atoms with Crippen molar-refractivity contribution in [3.8, 4) is 11.5 Å². The number of nitrogens with zero attached hydrogens (tertiary/aromatic N) is 3. The van der Waals surface area contributed by atoms with Crippen molar-refractivity contribution in [1.82, 2.24) is 15.0 Å². The van der Waals surface area contributed by atoms with Gasteiger partial charge in [-0.1, -0.05) is 28.9 Å². The zero-order valence-corrected chi connectivity index (χ0v) is 11.5. The highest BCUT2D eigenvalue weighted by molar-refractivity contribution is 6.30. The van der Waals surface area contributed by atoms with E-state index >= 15 is 0 Å². The molecule has 6 nitrogen and oxygen atoms in total. The van der Waals surface area contributed by atoms with Gasteiger partial charge in [0.05, 0.1) is 12.8 Å². The molecule has 0 aliphatic heterocycles. The van der Waals surface area contributed by atoms with Crippen LogP contribution in [0.5, 0.6) is 0 Å². The second-order valence-corrected chi connectivity index (χ2v) is 4.79. The summed E-state index contributed by atoms with van der Waals surface area (Å²) in [6, 6.07) is 10.6. The van der Waals surface area contributed by atoms with Crippen LogP contribution in [0.3, 0.4) is 0 Å². The third-order valence-electron chi connectivity index (χ3n) is 2.91. The summed E-state index contributed by atoms with van der Waals surface area (Å²) < 4.78 is 6.76. The number of benzene rings is 1. The van der Waals surface area contributed by atoms with Crippen LogP contribution in [0, 0.1) is 0 Å². The van der Waals surface area contributed by atoms with Crippen LogP contribution in [0.4, 0.5) is 0 Å². The number of aromatic nitrogens is 3. The highest BCUT2D eigenvalue weighted by atomic mass is 35.5. The van der Waals surface area contributed by atoms with Crippen LogP contribution < -0.4 is 0 Å². The fraction of sp³-hybridized carbons (Fsp3) is 0.0714. The molecular formula is C14H10ClN3O3. The van der Waals surface area contributed by atoms with Gasteiger partial charge in [0, 0.05) is 5.02 Å². The largest absolute Gasteiger partial charge is 0.476 e. The molecule has 21 heavy (non-hydrogen) atoms. The van der Waals surface area contributed by atoms with Gasteiger partial charge >= 0.3 is 5.97 Å². The number of carboxylic acid groups (broad SMARTS) is 1. The van der Waals surface area contributed by atoms with Crippen LogP contribution in [0.1, 0.15) is 16.1 Å². The molecule has 0 saturated heterocycles. The Labute approximate surface area is 124 Å². The molecule has 0 amide bonds. The highest BCUT2D eigenvalue weighted by Gasteiger charge is 2.22. The maximum absolute atomic E-state index is 11.3. The Balaban J connectivity index is 2.05. The van der Waals surface area contributed by atoms with Crippen molar-refractivity contribution in [3.63, 3.8) is 0 Å².